The highest BCUT2D eigenvalue weighted by Gasteiger charge is 2.60. The van der Waals surface area contributed by atoms with Crippen LogP contribution in [-0.4, -0.2) is 88.0 Å². The molecule has 4 atom stereocenters. The van der Waals surface area contributed by atoms with Crippen LogP contribution in [0.2, 0.25) is 0 Å². The van der Waals surface area contributed by atoms with Crippen molar-refractivity contribution in [3.63, 3.8) is 0 Å². The monoisotopic (exact) mass is 898 g/mol. The molecule has 0 aliphatic carbocycles. The van der Waals surface area contributed by atoms with E-state index < -0.39 is 86.5 Å². The number of aromatic carboxylic acids is 4. The van der Waals surface area contributed by atoms with Gasteiger partial charge in [0, 0.05) is 25.7 Å². The highest BCUT2D eigenvalue weighted by molar-refractivity contribution is 7.73. The SMILES string of the molecule is O=C(O)c1ccccc1C1N2C(=O)CCC(=O)N2C(c2ccccc2C(=O)O)P1c1ccccc1P1C(c2ccccc2C(=O)O)N2C(=O)CCC(=O)N2C1c1ccccc1C(=O)O. The van der Waals surface area contributed by atoms with Crippen LogP contribution in [0.1, 0.15) is 113 Å². The van der Waals surface area contributed by atoms with Gasteiger partial charge in [-0.25, -0.2) is 39.2 Å². The Hall–Kier alpha value is -7.28. The lowest BCUT2D eigenvalue weighted by molar-refractivity contribution is -0.171. The number of carbonyl (C=O) groups excluding carboxylic acids is 4. The number of carboxylic acids is 4. The predicted octanol–water partition coefficient (Wildman–Crippen LogP) is 6.25. The summed E-state index contributed by atoms with van der Waals surface area (Å²) >= 11 is 0. The lowest BCUT2D eigenvalue weighted by Crippen LogP contribution is -2.50. The third-order valence-corrected chi connectivity index (χ3v) is 18.1. The topological polar surface area (TPSA) is 230 Å². The van der Waals surface area contributed by atoms with Crippen molar-refractivity contribution in [1.82, 2.24) is 20.0 Å². The van der Waals surface area contributed by atoms with Crippen LogP contribution in [0.15, 0.2) is 121 Å². The van der Waals surface area contributed by atoms with Crippen molar-refractivity contribution >= 4 is 74.0 Å². The van der Waals surface area contributed by atoms with Gasteiger partial charge in [0.2, 0.25) is 23.6 Å². The van der Waals surface area contributed by atoms with Crippen molar-refractivity contribution in [2.45, 2.75) is 48.8 Å². The number of amides is 4. The first-order valence-corrected chi connectivity index (χ1v) is 23.0. The smallest absolute Gasteiger partial charge is 0.336 e. The number of rotatable bonds is 10. The van der Waals surface area contributed by atoms with Crippen molar-refractivity contribution < 1.29 is 58.8 Å². The van der Waals surface area contributed by atoms with Crippen LogP contribution in [0.25, 0.3) is 0 Å². The Morgan fingerprint density at radius 3 is 0.781 bits per heavy atom. The zero-order valence-electron chi connectivity index (χ0n) is 33.4. The Labute approximate surface area is 366 Å². The average molecular weight is 899 g/mol. The molecule has 0 spiro atoms. The van der Waals surface area contributed by atoms with E-state index in [0.717, 1.165) is 0 Å². The molecule has 4 aliphatic rings. The Balaban J connectivity index is 1.41. The van der Waals surface area contributed by atoms with Gasteiger partial charge in [-0.05, 0) is 73.0 Å². The minimum absolute atomic E-state index is 0.158. The summed E-state index contributed by atoms with van der Waals surface area (Å²) in [4.78, 5) is 110. The molecular formula is C46H36N4O12P2. The molecule has 9 rings (SSSR count). The van der Waals surface area contributed by atoms with Crippen LogP contribution in [0, 0.1) is 0 Å². The maximum Gasteiger partial charge on any atom is 0.336 e. The molecule has 0 radical (unpaired) electrons. The fourth-order valence-electron chi connectivity index (χ4n) is 9.34. The van der Waals surface area contributed by atoms with Crippen molar-refractivity contribution in [2.75, 3.05) is 0 Å². The quantitative estimate of drug-likeness (QED) is 0.114. The van der Waals surface area contributed by atoms with Gasteiger partial charge in [0.25, 0.3) is 0 Å². The molecule has 0 saturated carbocycles. The first-order valence-electron chi connectivity index (χ1n) is 20.0. The molecule has 4 saturated heterocycles. The van der Waals surface area contributed by atoms with Crippen molar-refractivity contribution in [3.05, 3.63) is 166 Å². The molecule has 4 aliphatic heterocycles. The molecule has 0 bridgehead atoms. The summed E-state index contributed by atoms with van der Waals surface area (Å²) in [5.74, 6) is -12.2. The third kappa shape index (κ3) is 6.68. The van der Waals surface area contributed by atoms with Crippen LogP contribution in [-0.2, 0) is 19.2 Å². The Bertz CT molecular complexity index is 2500. The van der Waals surface area contributed by atoms with Crippen LogP contribution in [0.5, 0.6) is 0 Å². The summed E-state index contributed by atoms with van der Waals surface area (Å²) in [5, 5.41) is 48.4. The largest absolute Gasteiger partial charge is 0.478 e. The molecular weight excluding hydrogens is 862 g/mol. The van der Waals surface area contributed by atoms with Crippen LogP contribution < -0.4 is 10.6 Å². The van der Waals surface area contributed by atoms with E-state index >= 15 is 0 Å². The molecule has 18 heteroatoms. The molecule has 5 aromatic carbocycles. The first-order chi connectivity index (χ1) is 30.8. The van der Waals surface area contributed by atoms with E-state index in [1.54, 1.807) is 72.8 Å². The van der Waals surface area contributed by atoms with Gasteiger partial charge in [-0.1, -0.05) is 97.1 Å². The summed E-state index contributed by atoms with van der Waals surface area (Å²) in [6.07, 6.45) is -0.880. The molecule has 64 heavy (non-hydrogen) atoms. The van der Waals surface area contributed by atoms with Crippen molar-refractivity contribution in [2.24, 2.45) is 0 Å². The summed E-state index contributed by atoms with van der Waals surface area (Å²) < 4.78 is 0. The van der Waals surface area contributed by atoms with E-state index in [0.29, 0.717) is 10.6 Å². The Kier molecular flexibility index (Phi) is 10.8. The molecule has 4 fully saturated rings. The average Bonchev–Trinajstić information content (AvgIpc) is 3.85. The molecule has 5 aromatic rings. The van der Waals surface area contributed by atoms with E-state index in [4.69, 9.17) is 0 Å². The van der Waals surface area contributed by atoms with E-state index in [2.05, 4.69) is 0 Å². The number of hydrazine groups is 2. The zero-order valence-corrected chi connectivity index (χ0v) is 35.2. The maximum absolute atomic E-state index is 14.4. The second-order valence-electron chi connectivity index (χ2n) is 15.3. The number of benzene rings is 5. The molecule has 4 heterocycles. The number of hydrogen-bond acceptors (Lipinski definition) is 8. The van der Waals surface area contributed by atoms with Gasteiger partial charge in [-0.3, -0.25) is 19.2 Å². The number of carboxylic acid groups (broad SMARTS) is 4. The molecule has 16 nitrogen and oxygen atoms in total. The van der Waals surface area contributed by atoms with Gasteiger partial charge in [0.1, 0.15) is 23.1 Å². The van der Waals surface area contributed by atoms with Gasteiger partial charge in [-0.15, -0.1) is 0 Å². The summed E-state index contributed by atoms with van der Waals surface area (Å²) in [6.45, 7) is 0. The molecule has 4 unspecified atom stereocenters. The summed E-state index contributed by atoms with van der Waals surface area (Å²) in [6, 6.07) is 31.0. The minimum atomic E-state index is -2.24. The van der Waals surface area contributed by atoms with E-state index in [-0.39, 0.29) is 70.2 Å². The lowest BCUT2D eigenvalue weighted by Gasteiger charge is -2.37. The third-order valence-electron chi connectivity index (χ3n) is 11.9. The van der Waals surface area contributed by atoms with Crippen molar-refractivity contribution in [3.8, 4) is 0 Å². The highest BCUT2D eigenvalue weighted by Crippen LogP contribution is 2.74. The standard InChI is InChI=1S/C46H36N4O12P2/c51-35-21-22-36(52)48-40(26-12-2-6-16-30(26)44(57)58)63(39(47(35)48)25-11-1-5-15-29(25)43(55)56)33-19-9-10-20-34(33)64-41(27-13-3-7-17-31(27)45(59)60)49-37(53)23-24-38(54)50(49)42(64)28-14-4-8-18-32(28)46(61)62/h1-20,39-42H,21-24H2,(H,55,56)(H,57,58)(H,59,60)(H,61,62). The lowest BCUT2D eigenvalue weighted by atomic mass is 10.1. The number of fused-ring (bicyclic) bond motifs is 2. The minimum Gasteiger partial charge on any atom is -0.478 e. The fraction of sp³-hybridized carbons (Fsp3) is 0.174. The Morgan fingerprint density at radius 1 is 0.359 bits per heavy atom. The number of nitrogens with zero attached hydrogens (tertiary/aromatic N) is 4. The van der Waals surface area contributed by atoms with Gasteiger partial charge in [0.05, 0.1) is 22.3 Å². The van der Waals surface area contributed by atoms with Crippen LogP contribution in [0.3, 0.4) is 0 Å². The summed E-state index contributed by atoms with van der Waals surface area (Å²) in [7, 11) is -4.48. The second-order valence-corrected chi connectivity index (χ2v) is 19.9. The zero-order chi connectivity index (χ0) is 45.1. The van der Waals surface area contributed by atoms with Crippen LogP contribution in [0.4, 0.5) is 0 Å². The highest BCUT2D eigenvalue weighted by atomic mass is 31.1. The van der Waals surface area contributed by atoms with Crippen LogP contribution >= 0.6 is 15.8 Å². The molecule has 322 valence electrons. The normalized spacial score (nSPS) is 22.9. The van der Waals surface area contributed by atoms with E-state index in [9.17, 15) is 58.8 Å². The number of hydrogen-bond donors (Lipinski definition) is 4. The van der Waals surface area contributed by atoms with E-state index in [1.807, 2.05) is 0 Å². The van der Waals surface area contributed by atoms with Gasteiger partial charge in [0.15, 0.2) is 0 Å². The molecule has 4 N–H and O–H groups in total. The van der Waals surface area contributed by atoms with Gasteiger partial charge in [-0.2, -0.15) is 0 Å². The fourth-order valence-corrected chi connectivity index (χ4v) is 16.8. The molecule has 0 aromatic heterocycles. The van der Waals surface area contributed by atoms with Crippen molar-refractivity contribution in [1.29, 1.82) is 0 Å². The first kappa shape index (κ1) is 42.0. The Morgan fingerprint density at radius 2 is 0.562 bits per heavy atom. The second kappa shape index (κ2) is 16.4. The molecule has 4 amide bonds. The van der Waals surface area contributed by atoms with Gasteiger partial charge >= 0.3 is 23.9 Å². The number of carbonyl (C=O) groups is 8. The summed E-state index contributed by atoms with van der Waals surface area (Å²) in [5.41, 5.74) is -0.0796. The predicted molar refractivity (Wildman–Crippen MR) is 230 cm³/mol. The maximum atomic E-state index is 14.4. The van der Waals surface area contributed by atoms with E-state index in [1.165, 1.54) is 68.6 Å². The van der Waals surface area contributed by atoms with Gasteiger partial charge < -0.3 is 20.4 Å².